The second-order valence-electron chi connectivity index (χ2n) is 7.08. The van der Waals surface area contributed by atoms with Crippen LogP contribution in [0.4, 0.5) is 0 Å². The van der Waals surface area contributed by atoms with Crippen molar-refractivity contribution in [3.8, 4) is 23.0 Å². The van der Waals surface area contributed by atoms with E-state index in [0.717, 1.165) is 0 Å². The van der Waals surface area contributed by atoms with Crippen molar-refractivity contribution in [2.75, 3.05) is 27.9 Å². The number of aromatic nitrogens is 1. The van der Waals surface area contributed by atoms with Gasteiger partial charge < -0.3 is 24.3 Å². The van der Waals surface area contributed by atoms with Gasteiger partial charge in [0, 0.05) is 18.0 Å². The Hall–Kier alpha value is -4.93. The summed E-state index contributed by atoms with van der Waals surface area (Å²) < 4.78 is 21.2. The third-order valence-corrected chi connectivity index (χ3v) is 4.75. The number of hydrogen-bond donors (Lipinski definition) is 2. The Kier molecular flexibility index (Phi) is 8.93. The number of esters is 1. The summed E-state index contributed by atoms with van der Waals surface area (Å²) in [6.45, 7) is -0.242. The molecule has 1 heterocycles. The Morgan fingerprint density at radius 1 is 0.889 bits per heavy atom. The molecule has 0 saturated carbocycles. The number of methoxy groups -OCH3 is 3. The Morgan fingerprint density at radius 3 is 2.11 bits per heavy atom. The van der Waals surface area contributed by atoms with Gasteiger partial charge in [-0.25, -0.2) is 10.2 Å². The number of benzene rings is 2. The Labute approximate surface area is 207 Å². The molecule has 0 aliphatic heterocycles. The number of nitrogens with one attached hydrogen (secondary N) is 2. The molecule has 2 amide bonds. The predicted octanol–water partition coefficient (Wildman–Crippen LogP) is 2.21. The van der Waals surface area contributed by atoms with Gasteiger partial charge in [0.05, 0.1) is 39.7 Å². The molecule has 1 aromatic heterocycles. The van der Waals surface area contributed by atoms with Crippen LogP contribution < -0.4 is 29.7 Å². The Morgan fingerprint density at radius 2 is 1.53 bits per heavy atom. The monoisotopic (exact) mass is 492 g/mol. The lowest BCUT2D eigenvalue weighted by Crippen LogP contribution is -2.34. The molecule has 0 fully saturated rings. The molecule has 0 radical (unpaired) electrons. The first kappa shape index (κ1) is 25.7. The lowest BCUT2D eigenvalue weighted by molar-refractivity contribution is -0.120. The van der Waals surface area contributed by atoms with Gasteiger partial charge in [-0.15, -0.1) is 0 Å². The summed E-state index contributed by atoms with van der Waals surface area (Å²) in [5.74, 6) is -0.185. The fourth-order valence-electron chi connectivity index (χ4n) is 2.97. The Balaban J connectivity index is 1.52. The van der Waals surface area contributed by atoms with Crippen molar-refractivity contribution >= 4 is 24.0 Å². The van der Waals surface area contributed by atoms with E-state index in [1.165, 1.54) is 64.2 Å². The van der Waals surface area contributed by atoms with Crippen LogP contribution in [0, 0.1) is 0 Å². The van der Waals surface area contributed by atoms with Crippen LogP contribution in [0.3, 0.4) is 0 Å². The van der Waals surface area contributed by atoms with E-state index in [1.807, 2.05) is 0 Å². The van der Waals surface area contributed by atoms with Crippen molar-refractivity contribution in [3.05, 3.63) is 77.6 Å². The highest BCUT2D eigenvalue weighted by molar-refractivity contribution is 5.96. The molecule has 11 nitrogen and oxygen atoms in total. The molecule has 186 valence electrons. The van der Waals surface area contributed by atoms with E-state index in [-0.39, 0.29) is 12.1 Å². The number of amides is 2. The summed E-state index contributed by atoms with van der Waals surface area (Å²) in [4.78, 5) is 40.2. The summed E-state index contributed by atoms with van der Waals surface area (Å²) in [5, 5.41) is 6.34. The Bertz CT molecular complexity index is 1220. The zero-order valence-electron chi connectivity index (χ0n) is 19.8. The number of hydrazone groups is 1. The molecule has 3 rings (SSSR count). The van der Waals surface area contributed by atoms with Gasteiger partial charge in [0.25, 0.3) is 11.8 Å². The minimum Gasteiger partial charge on any atom is -0.493 e. The molecular weight excluding hydrogens is 468 g/mol. The van der Waals surface area contributed by atoms with Gasteiger partial charge in [0.15, 0.2) is 11.5 Å². The molecule has 0 aliphatic carbocycles. The zero-order chi connectivity index (χ0) is 25.9. The van der Waals surface area contributed by atoms with Gasteiger partial charge >= 0.3 is 5.97 Å². The third-order valence-electron chi connectivity index (χ3n) is 4.75. The molecule has 36 heavy (non-hydrogen) atoms. The van der Waals surface area contributed by atoms with E-state index < -0.39 is 17.8 Å². The molecule has 0 unspecified atom stereocenters. The van der Waals surface area contributed by atoms with Crippen LogP contribution in [0.5, 0.6) is 23.0 Å². The number of ether oxygens (including phenoxy) is 4. The summed E-state index contributed by atoms with van der Waals surface area (Å²) in [6.07, 6.45) is 4.38. The zero-order valence-corrected chi connectivity index (χ0v) is 19.8. The van der Waals surface area contributed by atoms with Gasteiger partial charge in [-0.05, 0) is 54.1 Å². The summed E-state index contributed by atoms with van der Waals surface area (Å²) >= 11 is 0. The summed E-state index contributed by atoms with van der Waals surface area (Å²) in [5.41, 5.74) is 3.58. The lowest BCUT2D eigenvalue weighted by atomic mass is 10.2. The number of carbonyl (C=O) groups is 3. The highest BCUT2D eigenvalue weighted by Gasteiger charge is 2.18. The quantitative estimate of drug-likeness (QED) is 0.190. The molecule has 0 bridgehead atoms. The molecule has 0 atom stereocenters. The fraction of sp³-hybridized carbons (Fsp3) is 0.160. The van der Waals surface area contributed by atoms with Crippen LogP contribution in [-0.4, -0.2) is 56.9 Å². The number of rotatable bonds is 10. The van der Waals surface area contributed by atoms with Crippen molar-refractivity contribution in [2.45, 2.75) is 0 Å². The first-order valence-electron chi connectivity index (χ1n) is 10.6. The molecule has 2 N–H and O–H groups in total. The van der Waals surface area contributed by atoms with Crippen LogP contribution >= 0.6 is 0 Å². The SMILES string of the molecule is COc1cc(C(=O)Oc2ccc(/C=N/NC(=O)CNC(=O)c3ccncc3)cc2)cc(OC)c1OC. The van der Waals surface area contributed by atoms with Crippen molar-refractivity contribution in [2.24, 2.45) is 5.10 Å². The van der Waals surface area contributed by atoms with E-state index in [1.54, 1.807) is 24.3 Å². The molecule has 0 spiro atoms. The average molecular weight is 492 g/mol. The van der Waals surface area contributed by atoms with Crippen LogP contribution in [-0.2, 0) is 4.79 Å². The van der Waals surface area contributed by atoms with Gasteiger partial charge in [-0.1, -0.05) is 0 Å². The highest BCUT2D eigenvalue weighted by atomic mass is 16.5. The molecular formula is C25H24N4O7. The minimum absolute atomic E-state index is 0.217. The standard InChI is InChI=1S/C25H24N4O7/c1-33-20-12-18(13-21(34-2)23(20)35-3)25(32)36-19-6-4-16(5-7-19)14-28-29-22(30)15-27-24(31)17-8-10-26-11-9-17/h4-14H,15H2,1-3H3,(H,27,31)(H,29,30)/b28-14+. The van der Waals surface area contributed by atoms with E-state index in [9.17, 15) is 14.4 Å². The molecule has 0 aliphatic rings. The summed E-state index contributed by atoms with van der Waals surface area (Å²) in [7, 11) is 4.37. The van der Waals surface area contributed by atoms with E-state index in [0.29, 0.717) is 34.1 Å². The van der Waals surface area contributed by atoms with Gasteiger partial charge in [-0.2, -0.15) is 5.10 Å². The smallest absolute Gasteiger partial charge is 0.343 e. The maximum Gasteiger partial charge on any atom is 0.343 e. The van der Waals surface area contributed by atoms with Gasteiger partial charge in [0.1, 0.15) is 5.75 Å². The molecule has 11 heteroatoms. The van der Waals surface area contributed by atoms with Gasteiger partial charge in [0.2, 0.25) is 5.75 Å². The first-order chi connectivity index (χ1) is 17.4. The van der Waals surface area contributed by atoms with E-state index in [2.05, 4.69) is 20.8 Å². The second-order valence-corrected chi connectivity index (χ2v) is 7.08. The predicted molar refractivity (Wildman–Crippen MR) is 130 cm³/mol. The van der Waals surface area contributed by atoms with Crippen molar-refractivity contribution in [1.29, 1.82) is 0 Å². The van der Waals surface area contributed by atoms with Crippen LogP contribution in [0.2, 0.25) is 0 Å². The van der Waals surface area contributed by atoms with Crippen molar-refractivity contribution < 1.29 is 33.3 Å². The van der Waals surface area contributed by atoms with Gasteiger partial charge in [-0.3, -0.25) is 14.6 Å². The molecule has 2 aromatic carbocycles. The second kappa shape index (κ2) is 12.5. The first-order valence-corrected chi connectivity index (χ1v) is 10.6. The summed E-state index contributed by atoms with van der Waals surface area (Å²) in [6, 6.07) is 12.5. The maximum absolute atomic E-state index is 12.6. The third kappa shape index (κ3) is 6.79. The van der Waals surface area contributed by atoms with E-state index in [4.69, 9.17) is 18.9 Å². The largest absolute Gasteiger partial charge is 0.493 e. The fourth-order valence-corrected chi connectivity index (χ4v) is 2.97. The van der Waals surface area contributed by atoms with Crippen LogP contribution in [0.1, 0.15) is 26.3 Å². The lowest BCUT2D eigenvalue weighted by Gasteiger charge is -2.13. The van der Waals surface area contributed by atoms with Crippen molar-refractivity contribution in [1.82, 2.24) is 15.7 Å². The topological polar surface area (TPSA) is 137 Å². The number of pyridine rings is 1. The number of carbonyl (C=O) groups excluding carboxylic acids is 3. The molecule has 0 saturated heterocycles. The van der Waals surface area contributed by atoms with E-state index >= 15 is 0 Å². The number of hydrogen-bond acceptors (Lipinski definition) is 9. The van der Waals surface area contributed by atoms with Crippen molar-refractivity contribution in [3.63, 3.8) is 0 Å². The minimum atomic E-state index is -0.614. The average Bonchev–Trinajstić information content (AvgIpc) is 2.92. The number of nitrogens with zero attached hydrogens (tertiary/aromatic N) is 2. The molecule has 3 aromatic rings. The highest BCUT2D eigenvalue weighted by Crippen LogP contribution is 2.38. The maximum atomic E-state index is 12.6. The normalized spacial score (nSPS) is 10.4. The van der Waals surface area contributed by atoms with Crippen LogP contribution in [0.15, 0.2) is 66.0 Å². The van der Waals surface area contributed by atoms with Crippen LogP contribution in [0.25, 0.3) is 0 Å².